The first-order valence-electron chi connectivity index (χ1n) is 38.2. The highest BCUT2D eigenvalue weighted by molar-refractivity contribution is 5.96. The molecule has 2 spiro atoms. The summed E-state index contributed by atoms with van der Waals surface area (Å²) >= 11 is 0. The van der Waals surface area contributed by atoms with Gasteiger partial charge in [0.25, 0.3) is 0 Å². The van der Waals surface area contributed by atoms with Crippen LogP contribution in [0.3, 0.4) is 0 Å². The van der Waals surface area contributed by atoms with E-state index in [-0.39, 0.29) is 0 Å². The Labute approximate surface area is 649 Å². The van der Waals surface area contributed by atoms with Gasteiger partial charge in [0.2, 0.25) is 0 Å². The van der Waals surface area contributed by atoms with Crippen LogP contribution in [0.25, 0.3) is 146 Å². The Bertz CT molecular complexity index is 6740. The fourth-order valence-corrected chi connectivity index (χ4v) is 18.4. The Kier molecular flexibility index (Phi) is 15.0. The highest BCUT2D eigenvalue weighted by Gasteiger charge is 2.53. The van der Waals surface area contributed by atoms with Gasteiger partial charge in [-0.25, -0.2) is 19.9 Å². The highest BCUT2D eigenvalue weighted by Crippen LogP contribution is 2.65. The van der Waals surface area contributed by atoms with E-state index < -0.39 is 10.8 Å². The van der Waals surface area contributed by atoms with E-state index in [1.165, 1.54) is 44.5 Å². The average molecular weight is 1430 g/mol. The lowest BCUT2D eigenvalue weighted by molar-refractivity contribution is 0.438. The summed E-state index contributed by atoms with van der Waals surface area (Å²) in [5.74, 6) is 4.73. The maximum Gasteiger partial charge on any atom is 0.160 e. The Morgan fingerprint density at radius 3 is 0.973 bits per heavy atom. The molecule has 0 saturated heterocycles. The molecule has 0 bridgehead atoms. The molecule has 6 nitrogen and oxygen atoms in total. The van der Waals surface area contributed by atoms with E-state index in [1.807, 2.05) is 24.3 Å². The molecule has 2 aromatic heterocycles. The standard InChI is InChI=1S/C106H66N4O2/c1-3-27-70(28-4-1)96-66-98(85-42-10-8-36-78(85)68-55-57-69(58-56-68)79-43-25-51-93-101(79)111-99-53-21-19-49-91(99)105(93)87-45-15-11-38-81(87)82-39-12-16-46-88(82)105)110-104(108-96)76-34-24-32-74(64-76)73-31-23-33-75(63-73)97-65-95(107-103(109-97)72-29-5-2-6-30-72)71-61-59-67(60-62-71)77-35-7-9-37-80(77)86-44-26-52-94-102(86)112-100-54-22-20-50-92(100)106(94)89-47-17-13-40-83(89)84-41-14-18-48-90(84)106/h1-66H. The van der Waals surface area contributed by atoms with Crippen LogP contribution in [-0.2, 0) is 10.8 Å². The van der Waals surface area contributed by atoms with Crippen LogP contribution in [0.1, 0.15) is 44.5 Å². The summed E-state index contributed by atoms with van der Waals surface area (Å²) in [6, 6.07) is 143. The fourth-order valence-electron chi connectivity index (χ4n) is 18.4. The molecule has 4 heterocycles. The van der Waals surface area contributed by atoms with Crippen molar-refractivity contribution in [3.63, 3.8) is 0 Å². The van der Waals surface area contributed by atoms with E-state index in [0.717, 1.165) is 157 Å². The third-order valence-corrected chi connectivity index (χ3v) is 23.3. The molecular weight excluding hydrogens is 1360 g/mol. The number of aromatic nitrogens is 4. The van der Waals surface area contributed by atoms with E-state index in [4.69, 9.17) is 29.4 Å². The second-order valence-corrected chi connectivity index (χ2v) is 29.3. The molecule has 522 valence electrons. The van der Waals surface area contributed by atoms with Gasteiger partial charge < -0.3 is 9.47 Å². The van der Waals surface area contributed by atoms with Crippen molar-refractivity contribution < 1.29 is 9.47 Å². The van der Waals surface area contributed by atoms with Gasteiger partial charge in [0.05, 0.1) is 33.6 Å². The summed E-state index contributed by atoms with van der Waals surface area (Å²) in [7, 11) is 0. The van der Waals surface area contributed by atoms with Gasteiger partial charge in [-0.1, -0.05) is 364 Å². The quantitative estimate of drug-likeness (QED) is 0.129. The predicted octanol–water partition coefficient (Wildman–Crippen LogP) is 26.5. The molecule has 112 heavy (non-hydrogen) atoms. The molecule has 2 aliphatic heterocycles. The van der Waals surface area contributed by atoms with Crippen LogP contribution in [0.2, 0.25) is 0 Å². The summed E-state index contributed by atoms with van der Waals surface area (Å²) in [5.41, 5.74) is 33.1. The average Bonchev–Trinajstić information content (AvgIpc) is 1.59. The largest absolute Gasteiger partial charge is 0.456 e. The molecule has 0 N–H and O–H groups in total. The van der Waals surface area contributed by atoms with Crippen LogP contribution in [0, 0.1) is 0 Å². The van der Waals surface area contributed by atoms with E-state index >= 15 is 0 Å². The first-order valence-corrected chi connectivity index (χ1v) is 38.2. The molecule has 6 heteroatoms. The number of ether oxygens (including phenoxy) is 2. The number of fused-ring (bicyclic) bond motifs is 18. The Balaban J connectivity index is 0.588. The van der Waals surface area contributed by atoms with Gasteiger partial charge in [-0.15, -0.1) is 0 Å². The van der Waals surface area contributed by atoms with Gasteiger partial charge in [0.1, 0.15) is 23.0 Å². The molecule has 0 atom stereocenters. The zero-order valence-corrected chi connectivity index (χ0v) is 60.7. The number of hydrogen-bond acceptors (Lipinski definition) is 6. The zero-order chi connectivity index (χ0) is 73.9. The van der Waals surface area contributed by atoms with Gasteiger partial charge in [-0.3, -0.25) is 0 Å². The van der Waals surface area contributed by atoms with Crippen LogP contribution in [-0.4, -0.2) is 19.9 Å². The summed E-state index contributed by atoms with van der Waals surface area (Å²) in [4.78, 5) is 21.5. The number of rotatable bonds is 11. The molecule has 18 aromatic rings. The van der Waals surface area contributed by atoms with Crippen molar-refractivity contribution >= 4 is 0 Å². The van der Waals surface area contributed by atoms with E-state index in [0.29, 0.717) is 11.6 Å². The molecule has 0 fully saturated rings. The Morgan fingerprint density at radius 2 is 0.455 bits per heavy atom. The lowest BCUT2D eigenvalue weighted by Crippen LogP contribution is -2.32. The number of benzene rings is 16. The lowest BCUT2D eigenvalue weighted by atomic mass is 9.65. The topological polar surface area (TPSA) is 70.0 Å². The maximum absolute atomic E-state index is 7.17. The molecule has 22 rings (SSSR count). The highest BCUT2D eigenvalue weighted by atomic mass is 16.5. The Hall–Kier alpha value is -14.7. The third-order valence-electron chi connectivity index (χ3n) is 23.3. The van der Waals surface area contributed by atoms with Gasteiger partial charge in [-0.05, 0) is 125 Å². The van der Waals surface area contributed by atoms with Gasteiger partial charge >= 0.3 is 0 Å². The lowest BCUT2D eigenvalue weighted by Gasteiger charge is -2.40. The fraction of sp³-hybridized carbons (Fsp3) is 0.0189. The predicted molar refractivity (Wildman–Crippen MR) is 452 cm³/mol. The first kappa shape index (κ1) is 64.5. The van der Waals surface area contributed by atoms with Gasteiger partial charge in [0, 0.05) is 66.8 Å². The van der Waals surface area contributed by atoms with Crippen molar-refractivity contribution in [3.05, 3.63) is 445 Å². The maximum atomic E-state index is 7.17. The van der Waals surface area contributed by atoms with Crippen LogP contribution in [0.15, 0.2) is 400 Å². The van der Waals surface area contributed by atoms with Gasteiger partial charge in [-0.2, -0.15) is 0 Å². The number of para-hydroxylation sites is 4. The first-order chi connectivity index (χ1) is 55.5. The van der Waals surface area contributed by atoms with Crippen molar-refractivity contribution in [2.24, 2.45) is 0 Å². The molecule has 0 amide bonds. The summed E-state index contributed by atoms with van der Waals surface area (Å²) in [6.45, 7) is 0. The second kappa shape index (κ2) is 26.0. The monoisotopic (exact) mass is 1430 g/mol. The van der Waals surface area contributed by atoms with Crippen molar-refractivity contribution in [1.29, 1.82) is 0 Å². The van der Waals surface area contributed by atoms with Crippen molar-refractivity contribution in [1.82, 2.24) is 19.9 Å². The molecule has 16 aromatic carbocycles. The van der Waals surface area contributed by atoms with E-state index in [1.54, 1.807) is 0 Å². The molecule has 0 radical (unpaired) electrons. The van der Waals surface area contributed by atoms with Crippen LogP contribution in [0.5, 0.6) is 23.0 Å². The molecule has 2 aliphatic carbocycles. The summed E-state index contributed by atoms with van der Waals surface area (Å²) in [6.07, 6.45) is 0. The minimum absolute atomic E-state index is 0.554. The summed E-state index contributed by atoms with van der Waals surface area (Å²) < 4.78 is 14.3. The van der Waals surface area contributed by atoms with Crippen LogP contribution in [0.4, 0.5) is 0 Å². The van der Waals surface area contributed by atoms with Crippen LogP contribution < -0.4 is 9.47 Å². The smallest absolute Gasteiger partial charge is 0.160 e. The van der Waals surface area contributed by atoms with E-state index in [9.17, 15) is 0 Å². The molecule has 4 aliphatic rings. The van der Waals surface area contributed by atoms with E-state index in [2.05, 4.69) is 376 Å². The minimum Gasteiger partial charge on any atom is -0.456 e. The minimum atomic E-state index is -0.572. The molecule has 0 saturated carbocycles. The summed E-state index contributed by atoms with van der Waals surface area (Å²) in [5, 5.41) is 0. The zero-order valence-electron chi connectivity index (χ0n) is 60.7. The number of hydrogen-bond donors (Lipinski definition) is 0. The Morgan fingerprint density at radius 1 is 0.161 bits per heavy atom. The molecule has 0 unspecified atom stereocenters. The number of nitrogens with zero attached hydrogens (tertiary/aromatic N) is 4. The van der Waals surface area contributed by atoms with Crippen molar-refractivity contribution in [2.45, 2.75) is 10.8 Å². The van der Waals surface area contributed by atoms with Crippen molar-refractivity contribution in [2.75, 3.05) is 0 Å². The SMILES string of the molecule is c1ccc(-c2cc(-c3ccccc3-c3ccc(-c4cccc5c4Oc4ccccc4C54c5ccccc5-c5ccccc54)cc3)nc(-c3cccc(-c4cccc(-c5cc(-c6ccc(-c7ccccc7-c7cccc8c7Oc7ccccc7C87c8ccccc8-c8ccccc87)cc6)nc(-c6ccccc6)n5)c4)c3)n2)cc1. The van der Waals surface area contributed by atoms with Gasteiger partial charge in [0.15, 0.2) is 11.6 Å². The normalized spacial score (nSPS) is 13.1. The molecular formula is C106H66N4O2. The van der Waals surface area contributed by atoms with Crippen molar-refractivity contribution in [3.8, 4) is 169 Å². The second-order valence-electron chi connectivity index (χ2n) is 29.3. The van der Waals surface area contributed by atoms with Crippen LogP contribution >= 0.6 is 0 Å². The third kappa shape index (κ3) is 10.1.